The van der Waals surface area contributed by atoms with Gasteiger partial charge in [-0.3, -0.25) is 9.59 Å². The molecular weight excluding hydrogens is 658 g/mol. The number of hydrogen-bond donors (Lipinski definition) is 2. The highest BCUT2D eigenvalue weighted by atomic mass is 35.5. The number of nitrogens with one attached hydrogen (secondary N) is 2. The van der Waals surface area contributed by atoms with E-state index in [-0.39, 0.29) is 45.0 Å². The summed E-state index contributed by atoms with van der Waals surface area (Å²) in [5.41, 5.74) is 1.52. The van der Waals surface area contributed by atoms with Crippen molar-refractivity contribution in [1.82, 2.24) is 40.3 Å². The molecule has 0 saturated carbocycles. The number of rotatable bonds is 8. The number of pyridine rings is 1. The maximum absolute atomic E-state index is 13.8. The summed E-state index contributed by atoms with van der Waals surface area (Å²) in [5.74, 6) is -2.61. The first-order valence-corrected chi connectivity index (χ1v) is 14.2. The monoisotopic (exact) mass is 677 g/mol. The molecule has 0 bridgehead atoms. The fraction of sp³-hybridized carbons (Fsp3) is 0.179. The van der Waals surface area contributed by atoms with Crippen LogP contribution >= 0.6 is 34.8 Å². The number of carbonyl (C=O) groups excluding carboxylic acids is 2. The lowest BCUT2D eigenvalue weighted by molar-refractivity contribution is -0.145. The number of aromatic nitrogens is 7. The van der Waals surface area contributed by atoms with E-state index in [2.05, 4.69) is 36.1 Å². The topological polar surface area (TPSA) is 133 Å². The molecule has 2 aromatic carbocycles. The normalized spacial score (nSPS) is 12.2. The van der Waals surface area contributed by atoms with Gasteiger partial charge in [0.2, 0.25) is 0 Å². The summed E-state index contributed by atoms with van der Waals surface area (Å²) in [6, 6.07) is 13.9. The largest absolute Gasteiger partial charge is 0.455 e. The van der Waals surface area contributed by atoms with Gasteiger partial charge < -0.3 is 10.6 Å². The van der Waals surface area contributed by atoms with Gasteiger partial charge in [-0.2, -0.15) is 23.1 Å². The first-order chi connectivity index (χ1) is 21.3. The molecule has 232 valence electrons. The van der Waals surface area contributed by atoms with Crippen LogP contribution in [-0.2, 0) is 12.7 Å². The number of aryl methyl sites for hydroxylation is 1. The number of amides is 2. The molecule has 5 rings (SSSR count). The minimum Gasteiger partial charge on any atom is -0.345 e. The highest BCUT2D eigenvalue weighted by Gasteiger charge is 2.37. The van der Waals surface area contributed by atoms with E-state index in [1.807, 2.05) is 0 Å². The number of hydrogen-bond acceptors (Lipinski definition) is 7. The molecule has 1 unspecified atom stereocenters. The third-order valence-electron chi connectivity index (χ3n) is 6.44. The zero-order valence-electron chi connectivity index (χ0n) is 23.3. The maximum Gasteiger partial charge on any atom is 0.455 e. The Morgan fingerprint density at radius 1 is 0.978 bits per heavy atom. The quantitative estimate of drug-likeness (QED) is 0.196. The fourth-order valence-corrected chi connectivity index (χ4v) is 4.91. The van der Waals surface area contributed by atoms with Crippen molar-refractivity contribution in [3.63, 3.8) is 0 Å². The van der Waals surface area contributed by atoms with E-state index in [1.165, 1.54) is 24.4 Å². The molecule has 2 N–H and O–H groups in total. The summed E-state index contributed by atoms with van der Waals surface area (Å²) in [4.78, 5) is 32.1. The molecule has 0 aliphatic heterocycles. The van der Waals surface area contributed by atoms with Crippen LogP contribution in [0.2, 0.25) is 15.1 Å². The van der Waals surface area contributed by atoms with Crippen molar-refractivity contribution in [3.05, 3.63) is 110 Å². The average molecular weight is 679 g/mol. The Morgan fingerprint density at radius 2 is 1.71 bits per heavy atom. The highest BCUT2D eigenvalue weighted by molar-refractivity contribution is 6.32. The molecule has 17 heteroatoms. The van der Waals surface area contributed by atoms with E-state index < -0.39 is 29.9 Å². The number of nitrogens with zero attached hydrogens (tertiary/aromatic N) is 7. The second-order valence-electron chi connectivity index (χ2n) is 9.73. The Balaban J connectivity index is 1.48. The second-order valence-corrected chi connectivity index (χ2v) is 11.0. The van der Waals surface area contributed by atoms with Gasteiger partial charge in [-0.25, -0.2) is 9.67 Å². The molecule has 5 aromatic rings. The number of carbonyl (C=O) groups is 2. The predicted octanol–water partition coefficient (Wildman–Crippen LogP) is 6.33. The summed E-state index contributed by atoms with van der Waals surface area (Å²) >= 11 is 18.6. The average Bonchev–Trinajstić information content (AvgIpc) is 3.62. The van der Waals surface area contributed by atoms with Gasteiger partial charge in [-0.05, 0) is 72.7 Å². The Kier molecular flexibility index (Phi) is 9.09. The molecule has 2 amide bonds. The van der Waals surface area contributed by atoms with Crippen molar-refractivity contribution in [1.29, 1.82) is 0 Å². The Morgan fingerprint density at radius 3 is 2.38 bits per heavy atom. The SMILES string of the molecule is Cc1cc(Cl)cc(C(=O)NC(C)c2ccc(Cl)cc2)c1NC(=O)c1cc(Cn2nnc(C(F)(F)F)n2)nn1-c1ncccc1Cl. The summed E-state index contributed by atoms with van der Waals surface area (Å²) in [5, 5.41) is 20.7. The molecule has 0 radical (unpaired) electrons. The molecule has 45 heavy (non-hydrogen) atoms. The minimum absolute atomic E-state index is 0.0701. The summed E-state index contributed by atoms with van der Waals surface area (Å²) in [6.07, 6.45) is -3.37. The lowest BCUT2D eigenvalue weighted by atomic mass is 10.0. The molecule has 3 aromatic heterocycles. The van der Waals surface area contributed by atoms with Crippen molar-refractivity contribution in [2.45, 2.75) is 32.6 Å². The summed E-state index contributed by atoms with van der Waals surface area (Å²) in [7, 11) is 0. The van der Waals surface area contributed by atoms with Crippen molar-refractivity contribution in [3.8, 4) is 5.82 Å². The number of tetrazole rings is 1. The van der Waals surface area contributed by atoms with E-state index in [0.717, 1.165) is 10.2 Å². The Labute approximate surface area is 268 Å². The van der Waals surface area contributed by atoms with Crippen LogP contribution in [0.3, 0.4) is 0 Å². The van der Waals surface area contributed by atoms with Crippen LogP contribution in [0.1, 0.15) is 56.5 Å². The number of alkyl halides is 3. The molecular formula is C28H21Cl3F3N9O2. The molecule has 0 aliphatic rings. The van der Waals surface area contributed by atoms with Crippen LogP contribution in [0.4, 0.5) is 18.9 Å². The number of benzene rings is 2. The van der Waals surface area contributed by atoms with Gasteiger partial charge in [0.25, 0.3) is 17.6 Å². The van der Waals surface area contributed by atoms with E-state index in [9.17, 15) is 22.8 Å². The minimum atomic E-state index is -4.79. The fourth-order valence-electron chi connectivity index (χ4n) is 4.31. The van der Waals surface area contributed by atoms with Crippen molar-refractivity contribution < 1.29 is 22.8 Å². The highest BCUT2D eigenvalue weighted by Crippen LogP contribution is 2.29. The molecule has 0 fully saturated rings. The summed E-state index contributed by atoms with van der Waals surface area (Å²) < 4.78 is 40.1. The van der Waals surface area contributed by atoms with Gasteiger partial charge in [0.15, 0.2) is 5.82 Å². The van der Waals surface area contributed by atoms with Gasteiger partial charge in [-0.1, -0.05) is 46.9 Å². The number of anilines is 1. The van der Waals surface area contributed by atoms with Crippen LogP contribution < -0.4 is 10.6 Å². The van der Waals surface area contributed by atoms with Crippen LogP contribution in [0.15, 0.2) is 60.8 Å². The molecule has 11 nitrogen and oxygen atoms in total. The molecule has 1 atom stereocenters. The maximum atomic E-state index is 13.8. The molecule has 0 saturated heterocycles. The predicted molar refractivity (Wildman–Crippen MR) is 160 cm³/mol. The smallest absolute Gasteiger partial charge is 0.345 e. The van der Waals surface area contributed by atoms with Crippen LogP contribution in [-0.4, -0.2) is 46.8 Å². The van der Waals surface area contributed by atoms with Crippen LogP contribution in [0.5, 0.6) is 0 Å². The van der Waals surface area contributed by atoms with Crippen LogP contribution in [0.25, 0.3) is 5.82 Å². The first-order valence-electron chi connectivity index (χ1n) is 13.0. The second kappa shape index (κ2) is 12.8. The lowest BCUT2D eigenvalue weighted by Gasteiger charge is -2.18. The van der Waals surface area contributed by atoms with Crippen molar-refractivity contribution in [2.75, 3.05) is 5.32 Å². The van der Waals surface area contributed by atoms with Crippen molar-refractivity contribution >= 4 is 52.3 Å². The standard InChI is InChI=1S/C28H21Cl3F3N9O2/c1-14-10-18(30)11-20(25(44)36-15(2)16-5-7-17(29)8-6-16)23(14)37-26(45)22-12-19(13-42-40-27(38-41-42)28(32,33)34)39-43(22)24-21(31)4-3-9-35-24/h3-12,15H,13H2,1-2H3,(H,36,44)(H,37,45). The zero-order chi connectivity index (χ0) is 32.5. The zero-order valence-corrected chi connectivity index (χ0v) is 25.5. The van der Waals surface area contributed by atoms with Crippen molar-refractivity contribution in [2.24, 2.45) is 0 Å². The molecule has 3 heterocycles. The van der Waals surface area contributed by atoms with Gasteiger partial charge in [0.05, 0.1) is 28.0 Å². The van der Waals surface area contributed by atoms with E-state index >= 15 is 0 Å². The Bertz CT molecular complexity index is 1890. The van der Waals surface area contributed by atoms with E-state index in [0.29, 0.717) is 15.4 Å². The van der Waals surface area contributed by atoms with Gasteiger partial charge >= 0.3 is 6.18 Å². The van der Waals surface area contributed by atoms with E-state index in [1.54, 1.807) is 50.2 Å². The Hall–Kier alpha value is -4.53. The van der Waals surface area contributed by atoms with Gasteiger partial charge in [-0.15, -0.1) is 10.2 Å². The lowest BCUT2D eigenvalue weighted by Crippen LogP contribution is -2.28. The third-order valence-corrected chi connectivity index (χ3v) is 7.21. The third kappa shape index (κ3) is 7.24. The molecule has 0 spiro atoms. The van der Waals surface area contributed by atoms with Gasteiger partial charge in [0.1, 0.15) is 12.2 Å². The summed E-state index contributed by atoms with van der Waals surface area (Å²) in [6.45, 7) is 3.08. The van der Waals surface area contributed by atoms with E-state index in [4.69, 9.17) is 34.8 Å². The van der Waals surface area contributed by atoms with Gasteiger partial charge in [0, 0.05) is 16.2 Å². The van der Waals surface area contributed by atoms with Crippen LogP contribution in [0, 0.1) is 6.92 Å². The molecule has 0 aliphatic carbocycles. The number of halogens is 6. The first kappa shape index (κ1) is 31.9.